The average Bonchev–Trinajstić information content (AvgIpc) is 2.90. The SMILES string of the molecule is c1cc2c(c(-c3nc4ncncc4[nH]3)c1)CCCC2. The predicted molar refractivity (Wildman–Crippen MR) is 73.8 cm³/mol. The zero-order chi connectivity index (χ0) is 12.7. The second kappa shape index (κ2) is 4.16. The molecular formula is C15H14N4. The van der Waals surface area contributed by atoms with Crippen LogP contribution in [0.3, 0.4) is 0 Å². The van der Waals surface area contributed by atoms with Gasteiger partial charge in [0.25, 0.3) is 0 Å². The largest absolute Gasteiger partial charge is 0.335 e. The third kappa shape index (κ3) is 1.71. The van der Waals surface area contributed by atoms with Crippen molar-refractivity contribution < 1.29 is 0 Å². The molecule has 4 nitrogen and oxygen atoms in total. The van der Waals surface area contributed by atoms with Gasteiger partial charge >= 0.3 is 0 Å². The number of nitrogens with one attached hydrogen (secondary N) is 1. The summed E-state index contributed by atoms with van der Waals surface area (Å²) in [5.74, 6) is 0.911. The van der Waals surface area contributed by atoms with Gasteiger partial charge in [0.2, 0.25) is 0 Å². The van der Waals surface area contributed by atoms with Crippen LogP contribution in [-0.2, 0) is 12.8 Å². The Morgan fingerprint density at radius 1 is 1.11 bits per heavy atom. The Balaban J connectivity index is 1.92. The Labute approximate surface area is 110 Å². The number of benzene rings is 1. The highest BCUT2D eigenvalue weighted by Crippen LogP contribution is 2.30. The van der Waals surface area contributed by atoms with Crippen molar-refractivity contribution >= 4 is 11.2 Å². The fourth-order valence-corrected chi connectivity index (χ4v) is 2.89. The molecule has 1 N–H and O–H groups in total. The summed E-state index contributed by atoms with van der Waals surface area (Å²) in [4.78, 5) is 16.1. The van der Waals surface area contributed by atoms with Crippen molar-refractivity contribution in [2.45, 2.75) is 25.7 Å². The molecule has 4 heteroatoms. The number of hydrogen-bond acceptors (Lipinski definition) is 3. The van der Waals surface area contributed by atoms with Gasteiger partial charge in [0.1, 0.15) is 17.7 Å². The summed E-state index contributed by atoms with van der Waals surface area (Å²) < 4.78 is 0. The third-order valence-corrected chi connectivity index (χ3v) is 3.81. The molecule has 0 fully saturated rings. The first-order valence-corrected chi connectivity index (χ1v) is 6.69. The van der Waals surface area contributed by atoms with Crippen LogP contribution in [0.2, 0.25) is 0 Å². The maximum Gasteiger partial charge on any atom is 0.181 e. The monoisotopic (exact) mass is 250 g/mol. The quantitative estimate of drug-likeness (QED) is 0.722. The summed E-state index contributed by atoms with van der Waals surface area (Å²) in [6, 6.07) is 6.51. The molecule has 1 aliphatic rings. The van der Waals surface area contributed by atoms with E-state index in [1.807, 2.05) is 0 Å². The van der Waals surface area contributed by atoms with Crippen LogP contribution in [0.4, 0.5) is 0 Å². The minimum absolute atomic E-state index is 0.735. The molecule has 0 radical (unpaired) electrons. The number of aromatic amines is 1. The number of aryl methyl sites for hydroxylation is 1. The van der Waals surface area contributed by atoms with Crippen LogP contribution < -0.4 is 0 Å². The predicted octanol–water partition coefficient (Wildman–Crippen LogP) is 2.90. The molecule has 19 heavy (non-hydrogen) atoms. The topological polar surface area (TPSA) is 54.5 Å². The molecule has 0 saturated heterocycles. The van der Waals surface area contributed by atoms with Gasteiger partial charge in [-0.2, -0.15) is 0 Å². The van der Waals surface area contributed by atoms with Crippen molar-refractivity contribution in [3.8, 4) is 11.4 Å². The van der Waals surface area contributed by atoms with Crippen molar-refractivity contribution in [2.75, 3.05) is 0 Å². The minimum atomic E-state index is 0.735. The lowest BCUT2D eigenvalue weighted by molar-refractivity contribution is 0.686. The molecule has 0 unspecified atom stereocenters. The number of imidazole rings is 1. The normalized spacial score (nSPS) is 14.5. The molecular weight excluding hydrogens is 236 g/mol. The molecule has 1 aromatic carbocycles. The van der Waals surface area contributed by atoms with Gasteiger partial charge < -0.3 is 4.98 Å². The fourth-order valence-electron chi connectivity index (χ4n) is 2.89. The molecule has 0 bridgehead atoms. The average molecular weight is 250 g/mol. The minimum Gasteiger partial charge on any atom is -0.335 e. The van der Waals surface area contributed by atoms with Crippen molar-refractivity contribution in [1.82, 2.24) is 19.9 Å². The summed E-state index contributed by atoms with van der Waals surface area (Å²) in [7, 11) is 0. The van der Waals surface area contributed by atoms with Crippen LogP contribution in [0.15, 0.2) is 30.7 Å². The van der Waals surface area contributed by atoms with Gasteiger partial charge in [-0.3, -0.25) is 0 Å². The first-order chi connectivity index (χ1) is 9.42. The van der Waals surface area contributed by atoms with Crippen molar-refractivity contribution in [2.24, 2.45) is 0 Å². The van der Waals surface area contributed by atoms with E-state index in [4.69, 9.17) is 0 Å². The van der Waals surface area contributed by atoms with Crippen molar-refractivity contribution in [3.63, 3.8) is 0 Å². The zero-order valence-electron chi connectivity index (χ0n) is 10.6. The number of hydrogen-bond donors (Lipinski definition) is 1. The van der Waals surface area contributed by atoms with Crippen LogP contribution in [0.25, 0.3) is 22.6 Å². The standard InChI is InChI=1S/C15H14N4/c1-2-6-11-10(4-1)5-3-7-12(11)14-18-13-8-16-9-17-15(13)19-14/h3,5,7-9H,1-2,4,6H2,(H,16,17,18,19). The van der Waals surface area contributed by atoms with Gasteiger partial charge in [0, 0.05) is 5.56 Å². The van der Waals surface area contributed by atoms with Gasteiger partial charge in [0.05, 0.1) is 6.20 Å². The lowest BCUT2D eigenvalue weighted by Gasteiger charge is -2.18. The van der Waals surface area contributed by atoms with E-state index in [0.717, 1.165) is 23.4 Å². The third-order valence-electron chi connectivity index (χ3n) is 3.81. The highest BCUT2D eigenvalue weighted by atomic mass is 15.0. The number of nitrogens with zero attached hydrogens (tertiary/aromatic N) is 3. The fraction of sp³-hybridized carbons (Fsp3) is 0.267. The van der Waals surface area contributed by atoms with Gasteiger partial charge in [-0.05, 0) is 36.8 Å². The molecule has 94 valence electrons. The van der Waals surface area contributed by atoms with Crippen molar-refractivity contribution in [3.05, 3.63) is 41.9 Å². The van der Waals surface area contributed by atoms with Gasteiger partial charge in [-0.1, -0.05) is 18.2 Å². The summed E-state index contributed by atoms with van der Waals surface area (Å²) >= 11 is 0. The first kappa shape index (κ1) is 10.7. The molecule has 2 aromatic heterocycles. The molecule has 0 atom stereocenters. The maximum absolute atomic E-state index is 4.58. The smallest absolute Gasteiger partial charge is 0.181 e. The Bertz CT molecular complexity index is 712. The number of H-pyrrole nitrogens is 1. The van der Waals surface area contributed by atoms with Crippen LogP contribution >= 0.6 is 0 Å². The van der Waals surface area contributed by atoms with Crippen LogP contribution in [0, 0.1) is 0 Å². The van der Waals surface area contributed by atoms with Crippen LogP contribution in [-0.4, -0.2) is 19.9 Å². The molecule has 0 aliphatic heterocycles. The van der Waals surface area contributed by atoms with Crippen molar-refractivity contribution in [1.29, 1.82) is 0 Å². The van der Waals surface area contributed by atoms with Gasteiger partial charge in [-0.25, -0.2) is 15.0 Å². The second-order valence-corrected chi connectivity index (χ2v) is 5.00. The van der Waals surface area contributed by atoms with E-state index >= 15 is 0 Å². The lowest BCUT2D eigenvalue weighted by atomic mass is 9.88. The summed E-state index contributed by atoms with van der Waals surface area (Å²) in [5.41, 5.74) is 5.76. The summed E-state index contributed by atoms with van der Waals surface area (Å²) in [6.07, 6.45) is 8.20. The summed E-state index contributed by atoms with van der Waals surface area (Å²) in [5, 5.41) is 0. The Morgan fingerprint density at radius 2 is 2.05 bits per heavy atom. The molecule has 0 amide bonds. The van der Waals surface area contributed by atoms with E-state index < -0.39 is 0 Å². The molecule has 2 heterocycles. The summed E-state index contributed by atoms with van der Waals surface area (Å²) in [6.45, 7) is 0. The van der Waals surface area contributed by atoms with E-state index in [9.17, 15) is 0 Å². The highest BCUT2D eigenvalue weighted by molar-refractivity contribution is 5.76. The maximum atomic E-state index is 4.58. The second-order valence-electron chi connectivity index (χ2n) is 5.00. The highest BCUT2D eigenvalue weighted by Gasteiger charge is 2.16. The molecule has 1 aliphatic carbocycles. The van der Waals surface area contributed by atoms with Gasteiger partial charge in [0.15, 0.2) is 5.65 Å². The zero-order valence-corrected chi connectivity index (χ0v) is 10.6. The van der Waals surface area contributed by atoms with Gasteiger partial charge in [-0.15, -0.1) is 0 Å². The Hall–Kier alpha value is -2.23. The van der Waals surface area contributed by atoms with E-state index in [1.54, 1.807) is 6.20 Å². The van der Waals surface area contributed by atoms with Crippen LogP contribution in [0.5, 0.6) is 0 Å². The molecule has 0 saturated carbocycles. The van der Waals surface area contributed by atoms with E-state index in [-0.39, 0.29) is 0 Å². The Kier molecular flexibility index (Phi) is 2.33. The first-order valence-electron chi connectivity index (χ1n) is 6.69. The molecule has 4 rings (SSSR count). The number of fused-ring (bicyclic) bond motifs is 2. The van der Waals surface area contributed by atoms with E-state index in [1.165, 1.54) is 42.3 Å². The number of rotatable bonds is 1. The number of aromatic nitrogens is 4. The van der Waals surface area contributed by atoms with E-state index in [0.29, 0.717) is 0 Å². The van der Waals surface area contributed by atoms with Crippen LogP contribution in [0.1, 0.15) is 24.0 Å². The Morgan fingerprint density at radius 3 is 3.00 bits per heavy atom. The van der Waals surface area contributed by atoms with E-state index in [2.05, 4.69) is 38.1 Å². The lowest BCUT2D eigenvalue weighted by Crippen LogP contribution is -2.04. The molecule has 0 spiro atoms. The molecule has 3 aromatic rings.